The van der Waals surface area contributed by atoms with E-state index in [9.17, 15) is 9.59 Å². The van der Waals surface area contributed by atoms with E-state index in [1.54, 1.807) is 6.92 Å². The van der Waals surface area contributed by atoms with Crippen LogP contribution in [-0.4, -0.2) is 33.7 Å². The molecule has 0 unspecified atom stereocenters. The minimum Gasteiger partial charge on any atom is -0.476 e. The minimum absolute atomic E-state index is 0.0319. The van der Waals surface area contributed by atoms with Gasteiger partial charge in [-0.05, 0) is 13.3 Å². The molecule has 0 saturated carbocycles. The molecule has 0 bridgehead atoms. The Labute approximate surface area is 125 Å². The number of carboxylic acids is 1. The molecule has 0 fully saturated rings. The van der Waals surface area contributed by atoms with Crippen molar-refractivity contribution >= 4 is 23.2 Å². The van der Waals surface area contributed by atoms with E-state index in [0.717, 1.165) is 0 Å². The molecule has 2 heterocycles. The molecule has 2 rings (SSSR count). The summed E-state index contributed by atoms with van der Waals surface area (Å²) in [6.45, 7) is 3.97. The molecule has 2 N–H and O–H groups in total. The number of carbonyl (C=O) groups excluding carboxylic acids is 1. The van der Waals surface area contributed by atoms with Gasteiger partial charge in [-0.2, -0.15) is 0 Å². The lowest BCUT2D eigenvalue weighted by Crippen LogP contribution is -2.26. The Morgan fingerprint density at radius 3 is 2.86 bits per heavy atom. The number of thiazole rings is 1. The third kappa shape index (κ3) is 3.46. The number of aromatic nitrogens is 2. The summed E-state index contributed by atoms with van der Waals surface area (Å²) in [5.74, 6) is -0.790. The Bertz CT molecular complexity index is 662. The molecule has 1 amide bonds. The summed E-state index contributed by atoms with van der Waals surface area (Å²) < 4.78 is 5.02. The van der Waals surface area contributed by atoms with Gasteiger partial charge in [-0.3, -0.25) is 4.79 Å². The molecule has 0 spiro atoms. The van der Waals surface area contributed by atoms with Gasteiger partial charge in [0.05, 0.1) is 10.7 Å². The summed E-state index contributed by atoms with van der Waals surface area (Å²) >= 11 is 1.26. The second-order valence-electron chi connectivity index (χ2n) is 4.35. The Balaban J connectivity index is 1.92. The first-order valence-electron chi connectivity index (χ1n) is 6.44. The van der Waals surface area contributed by atoms with E-state index in [0.29, 0.717) is 41.4 Å². The van der Waals surface area contributed by atoms with Crippen LogP contribution < -0.4 is 5.32 Å². The number of carboxylic acid groups (broad SMARTS) is 1. The van der Waals surface area contributed by atoms with Crippen LogP contribution in [0, 0.1) is 6.92 Å². The van der Waals surface area contributed by atoms with Gasteiger partial charge in [-0.15, -0.1) is 11.3 Å². The highest BCUT2D eigenvalue weighted by Gasteiger charge is 2.18. The average Bonchev–Trinajstić information content (AvgIpc) is 3.05. The lowest BCUT2D eigenvalue weighted by molar-refractivity contribution is 0.0690. The number of aryl methyl sites for hydroxylation is 2. The van der Waals surface area contributed by atoms with Crippen molar-refractivity contribution in [1.29, 1.82) is 0 Å². The predicted octanol–water partition coefficient (Wildman–Crippen LogP) is 1.67. The van der Waals surface area contributed by atoms with E-state index >= 15 is 0 Å². The van der Waals surface area contributed by atoms with Crippen LogP contribution in [0.5, 0.6) is 0 Å². The van der Waals surface area contributed by atoms with Gasteiger partial charge in [0.2, 0.25) is 0 Å². The quantitative estimate of drug-likeness (QED) is 0.841. The molecule has 7 nitrogen and oxygen atoms in total. The molecule has 0 aliphatic carbocycles. The molecular formula is C13H15N3O4S. The molecule has 0 atom stereocenters. The van der Waals surface area contributed by atoms with Gasteiger partial charge in [0, 0.05) is 18.3 Å². The molecule has 0 saturated heterocycles. The van der Waals surface area contributed by atoms with Crippen molar-refractivity contribution < 1.29 is 19.2 Å². The highest BCUT2D eigenvalue weighted by Crippen LogP contribution is 2.14. The van der Waals surface area contributed by atoms with Gasteiger partial charge in [-0.1, -0.05) is 12.1 Å². The molecule has 0 aromatic carbocycles. The summed E-state index contributed by atoms with van der Waals surface area (Å²) in [6.07, 6.45) is 1.10. The molecule has 0 aliphatic rings. The van der Waals surface area contributed by atoms with Crippen LogP contribution in [0.2, 0.25) is 0 Å². The fourth-order valence-corrected chi connectivity index (χ4v) is 2.62. The van der Waals surface area contributed by atoms with Crippen molar-refractivity contribution in [1.82, 2.24) is 15.5 Å². The van der Waals surface area contributed by atoms with Crippen LogP contribution in [0.25, 0.3) is 0 Å². The van der Waals surface area contributed by atoms with Gasteiger partial charge in [0.1, 0.15) is 11.3 Å². The van der Waals surface area contributed by atoms with Gasteiger partial charge >= 0.3 is 5.97 Å². The van der Waals surface area contributed by atoms with Crippen LogP contribution in [0.4, 0.5) is 0 Å². The summed E-state index contributed by atoms with van der Waals surface area (Å²) in [4.78, 5) is 26.8. The van der Waals surface area contributed by atoms with Crippen molar-refractivity contribution in [3.8, 4) is 0 Å². The van der Waals surface area contributed by atoms with Crippen LogP contribution in [0.3, 0.4) is 0 Å². The topological polar surface area (TPSA) is 105 Å². The van der Waals surface area contributed by atoms with Crippen LogP contribution in [0.15, 0.2) is 9.90 Å². The van der Waals surface area contributed by atoms with Crippen LogP contribution >= 0.6 is 11.3 Å². The lowest BCUT2D eigenvalue weighted by atomic mass is 10.1. The molecule has 21 heavy (non-hydrogen) atoms. The number of nitrogens with zero attached hydrogens (tertiary/aromatic N) is 2. The van der Waals surface area contributed by atoms with Gasteiger partial charge < -0.3 is 14.9 Å². The average molecular weight is 309 g/mol. The molecule has 2 aromatic heterocycles. The molecule has 112 valence electrons. The monoisotopic (exact) mass is 309 g/mol. The van der Waals surface area contributed by atoms with E-state index in [1.165, 1.54) is 16.7 Å². The van der Waals surface area contributed by atoms with Gasteiger partial charge in [-0.25, -0.2) is 9.78 Å². The Morgan fingerprint density at radius 1 is 1.48 bits per heavy atom. The standard InChI is InChI=1S/C13H15N3O4S/c1-3-8-11(7(2)20-16-8)12(17)14-5-4-10-15-9(6-21-10)13(18)19/h6H,3-5H2,1-2H3,(H,14,17)(H,18,19). The smallest absolute Gasteiger partial charge is 0.355 e. The minimum atomic E-state index is -1.05. The van der Waals surface area contributed by atoms with Gasteiger partial charge in [0.15, 0.2) is 5.69 Å². The molecule has 8 heteroatoms. The highest BCUT2D eigenvalue weighted by atomic mass is 32.1. The molecular weight excluding hydrogens is 294 g/mol. The van der Waals surface area contributed by atoms with Gasteiger partial charge in [0.25, 0.3) is 5.91 Å². The molecule has 2 aromatic rings. The number of carbonyl (C=O) groups is 2. The van der Waals surface area contributed by atoms with Crippen molar-refractivity contribution in [2.75, 3.05) is 6.54 Å². The summed E-state index contributed by atoms with van der Waals surface area (Å²) in [5, 5.41) is 17.5. The fraction of sp³-hybridized carbons (Fsp3) is 0.385. The zero-order chi connectivity index (χ0) is 15.4. The summed E-state index contributed by atoms with van der Waals surface area (Å²) in [6, 6.07) is 0. The van der Waals surface area contributed by atoms with E-state index in [4.69, 9.17) is 9.63 Å². The van der Waals surface area contributed by atoms with E-state index in [-0.39, 0.29) is 11.6 Å². The lowest BCUT2D eigenvalue weighted by Gasteiger charge is -2.03. The normalized spacial score (nSPS) is 10.6. The Morgan fingerprint density at radius 2 is 2.24 bits per heavy atom. The number of amides is 1. The SMILES string of the molecule is CCc1noc(C)c1C(=O)NCCc1nc(C(=O)O)cs1. The number of hydrogen-bond acceptors (Lipinski definition) is 6. The first-order valence-corrected chi connectivity index (χ1v) is 7.32. The summed E-state index contributed by atoms with van der Waals surface area (Å²) in [5.41, 5.74) is 1.14. The molecule has 0 aliphatic heterocycles. The first-order chi connectivity index (χ1) is 10.0. The maximum absolute atomic E-state index is 12.1. The second-order valence-corrected chi connectivity index (χ2v) is 5.29. The highest BCUT2D eigenvalue weighted by molar-refractivity contribution is 7.09. The van der Waals surface area contributed by atoms with Crippen molar-refractivity contribution in [3.63, 3.8) is 0 Å². The largest absolute Gasteiger partial charge is 0.476 e. The maximum atomic E-state index is 12.1. The van der Waals surface area contributed by atoms with Crippen molar-refractivity contribution in [2.45, 2.75) is 26.7 Å². The number of aromatic carboxylic acids is 1. The third-order valence-corrected chi connectivity index (χ3v) is 3.80. The van der Waals surface area contributed by atoms with Crippen molar-refractivity contribution in [2.24, 2.45) is 0 Å². The zero-order valence-electron chi connectivity index (χ0n) is 11.7. The van der Waals surface area contributed by atoms with Crippen molar-refractivity contribution in [3.05, 3.63) is 33.1 Å². The van der Waals surface area contributed by atoms with Crippen LogP contribution in [-0.2, 0) is 12.8 Å². The van der Waals surface area contributed by atoms with E-state index < -0.39 is 5.97 Å². The maximum Gasteiger partial charge on any atom is 0.355 e. The van der Waals surface area contributed by atoms with E-state index in [2.05, 4.69) is 15.5 Å². The Hall–Kier alpha value is -2.22. The molecule has 0 radical (unpaired) electrons. The number of hydrogen-bond donors (Lipinski definition) is 2. The Kier molecular flexibility index (Phi) is 4.69. The predicted molar refractivity (Wildman–Crippen MR) is 75.7 cm³/mol. The first kappa shape index (κ1) is 15.2. The zero-order valence-corrected chi connectivity index (χ0v) is 12.5. The van der Waals surface area contributed by atoms with E-state index in [1.807, 2.05) is 6.92 Å². The fourth-order valence-electron chi connectivity index (χ4n) is 1.85. The van der Waals surface area contributed by atoms with Crippen LogP contribution in [0.1, 0.15) is 44.2 Å². The second kappa shape index (κ2) is 6.49. The summed E-state index contributed by atoms with van der Waals surface area (Å²) in [7, 11) is 0. The number of rotatable bonds is 6. The third-order valence-electron chi connectivity index (χ3n) is 2.89. The number of nitrogens with one attached hydrogen (secondary N) is 1.